The summed E-state index contributed by atoms with van der Waals surface area (Å²) in [6.45, 7) is 0.695. The molecule has 0 fully saturated rings. The first-order valence-electron chi connectivity index (χ1n) is 7.62. The number of anilines is 1. The molecule has 1 aromatic heterocycles. The van der Waals surface area contributed by atoms with Crippen LogP contribution in [0.15, 0.2) is 66.7 Å². The predicted molar refractivity (Wildman–Crippen MR) is 89.3 cm³/mol. The number of fused-ring (bicyclic) bond motifs is 1. The number of benzene rings is 2. The number of amides is 1. The molecule has 2 aromatic carbocycles. The summed E-state index contributed by atoms with van der Waals surface area (Å²) in [7, 11) is 0. The van der Waals surface area contributed by atoms with Crippen molar-refractivity contribution in [2.24, 2.45) is 0 Å². The van der Waals surface area contributed by atoms with Gasteiger partial charge >= 0.3 is 0 Å². The molecule has 0 unspecified atom stereocenters. The Kier molecular flexibility index (Phi) is 3.35. The van der Waals surface area contributed by atoms with Gasteiger partial charge in [-0.1, -0.05) is 48.5 Å². The second kappa shape index (κ2) is 5.65. The summed E-state index contributed by atoms with van der Waals surface area (Å²) in [6.07, 6.45) is 0.886. The normalized spacial score (nSPS) is 13.0. The molecule has 0 radical (unpaired) electrons. The van der Waals surface area contributed by atoms with Crippen LogP contribution in [0, 0.1) is 0 Å². The smallest absolute Gasteiger partial charge is 0.278 e. The fraction of sp³-hybridized carbons (Fsp3) is 0.105. The van der Waals surface area contributed by atoms with E-state index in [-0.39, 0.29) is 5.91 Å². The molecular weight excluding hydrogens is 286 g/mol. The van der Waals surface area contributed by atoms with Crippen LogP contribution in [0.4, 0.5) is 5.69 Å². The maximum absolute atomic E-state index is 12.7. The SMILES string of the molecule is O=C(c1ccc(-c2ccccc2)nn1)N1CCc2ccccc21. The van der Waals surface area contributed by atoms with Gasteiger partial charge in [0.05, 0.1) is 5.69 Å². The Morgan fingerprint density at radius 1 is 0.870 bits per heavy atom. The summed E-state index contributed by atoms with van der Waals surface area (Å²) in [5, 5.41) is 8.33. The van der Waals surface area contributed by atoms with Crippen molar-refractivity contribution in [3.8, 4) is 11.3 Å². The summed E-state index contributed by atoms with van der Waals surface area (Å²) in [6, 6.07) is 21.4. The van der Waals surface area contributed by atoms with Crippen molar-refractivity contribution in [2.45, 2.75) is 6.42 Å². The Hall–Kier alpha value is -3.01. The molecule has 4 nitrogen and oxygen atoms in total. The number of hydrogen-bond acceptors (Lipinski definition) is 3. The summed E-state index contributed by atoms with van der Waals surface area (Å²) in [5.41, 5.74) is 4.32. The van der Waals surface area contributed by atoms with Gasteiger partial charge < -0.3 is 4.90 Å². The molecule has 0 atom stereocenters. The highest BCUT2D eigenvalue weighted by molar-refractivity contribution is 6.06. The van der Waals surface area contributed by atoms with Crippen LogP contribution in [0.3, 0.4) is 0 Å². The van der Waals surface area contributed by atoms with Crippen molar-refractivity contribution < 1.29 is 4.79 Å². The minimum atomic E-state index is -0.0953. The largest absolute Gasteiger partial charge is 0.306 e. The third-order valence-corrected chi connectivity index (χ3v) is 4.09. The minimum absolute atomic E-state index is 0.0953. The Morgan fingerprint density at radius 2 is 1.65 bits per heavy atom. The zero-order chi connectivity index (χ0) is 15.6. The molecule has 0 bridgehead atoms. The number of para-hydroxylation sites is 1. The molecule has 3 aromatic rings. The van der Waals surface area contributed by atoms with Gasteiger partial charge in [0.1, 0.15) is 0 Å². The molecular formula is C19H15N3O. The first-order valence-corrected chi connectivity index (χ1v) is 7.62. The van der Waals surface area contributed by atoms with Crippen molar-refractivity contribution in [3.05, 3.63) is 78.0 Å². The van der Waals surface area contributed by atoms with E-state index in [1.807, 2.05) is 54.6 Å². The summed E-state index contributed by atoms with van der Waals surface area (Å²) in [4.78, 5) is 14.5. The second-order valence-electron chi connectivity index (χ2n) is 5.51. The first kappa shape index (κ1) is 13.6. The van der Waals surface area contributed by atoms with Crippen LogP contribution in [0.2, 0.25) is 0 Å². The zero-order valence-corrected chi connectivity index (χ0v) is 12.5. The molecule has 1 aliphatic heterocycles. The highest BCUT2D eigenvalue weighted by atomic mass is 16.2. The first-order chi connectivity index (χ1) is 11.3. The van der Waals surface area contributed by atoms with E-state index in [9.17, 15) is 4.79 Å². The number of nitrogens with zero attached hydrogens (tertiary/aromatic N) is 3. The number of rotatable bonds is 2. The van der Waals surface area contributed by atoms with E-state index in [1.54, 1.807) is 11.0 Å². The Balaban J connectivity index is 1.61. The van der Waals surface area contributed by atoms with Crippen LogP contribution in [-0.4, -0.2) is 22.6 Å². The van der Waals surface area contributed by atoms with E-state index >= 15 is 0 Å². The van der Waals surface area contributed by atoms with E-state index in [1.165, 1.54) is 5.56 Å². The highest BCUT2D eigenvalue weighted by Gasteiger charge is 2.26. The number of carbonyl (C=O) groups excluding carboxylic acids is 1. The predicted octanol–water partition coefficient (Wildman–Crippen LogP) is 3.35. The van der Waals surface area contributed by atoms with Crippen LogP contribution in [0.5, 0.6) is 0 Å². The highest BCUT2D eigenvalue weighted by Crippen LogP contribution is 2.28. The van der Waals surface area contributed by atoms with Gasteiger partial charge in [-0.15, -0.1) is 10.2 Å². The monoisotopic (exact) mass is 301 g/mol. The molecule has 0 N–H and O–H groups in total. The third-order valence-electron chi connectivity index (χ3n) is 4.09. The van der Waals surface area contributed by atoms with Crippen molar-refractivity contribution in [1.82, 2.24) is 10.2 Å². The molecule has 0 aliphatic carbocycles. The third kappa shape index (κ3) is 2.48. The maximum atomic E-state index is 12.7. The summed E-state index contributed by atoms with van der Waals surface area (Å²) >= 11 is 0. The second-order valence-corrected chi connectivity index (χ2v) is 5.51. The van der Waals surface area contributed by atoms with Crippen LogP contribution >= 0.6 is 0 Å². The minimum Gasteiger partial charge on any atom is -0.306 e. The summed E-state index contributed by atoms with van der Waals surface area (Å²) < 4.78 is 0. The molecule has 0 saturated carbocycles. The van der Waals surface area contributed by atoms with Gasteiger partial charge in [-0.25, -0.2) is 0 Å². The lowest BCUT2D eigenvalue weighted by molar-refractivity contribution is 0.0983. The van der Waals surface area contributed by atoms with Crippen LogP contribution in [-0.2, 0) is 6.42 Å². The van der Waals surface area contributed by atoms with Gasteiger partial charge in [0.2, 0.25) is 0 Å². The molecule has 0 spiro atoms. The maximum Gasteiger partial charge on any atom is 0.278 e. The van der Waals surface area contributed by atoms with E-state index in [0.717, 1.165) is 23.4 Å². The van der Waals surface area contributed by atoms with Gasteiger partial charge in [0.15, 0.2) is 5.69 Å². The quantitative estimate of drug-likeness (QED) is 0.729. The number of carbonyl (C=O) groups is 1. The van der Waals surface area contributed by atoms with E-state index in [0.29, 0.717) is 12.2 Å². The summed E-state index contributed by atoms with van der Waals surface area (Å²) in [5.74, 6) is -0.0953. The molecule has 23 heavy (non-hydrogen) atoms. The average Bonchev–Trinajstić information content (AvgIpc) is 3.06. The van der Waals surface area contributed by atoms with Crippen molar-refractivity contribution in [2.75, 3.05) is 11.4 Å². The Labute approximate surface area is 134 Å². The van der Waals surface area contributed by atoms with Gasteiger partial charge in [-0.3, -0.25) is 4.79 Å². The van der Waals surface area contributed by atoms with E-state index in [4.69, 9.17) is 0 Å². The standard InChI is InChI=1S/C19H15N3O/c23-19(22-13-12-15-8-4-5-9-18(15)22)17-11-10-16(20-21-17)14-6-2-1-3-7-14/h1-11H,12-13H2. The van der Waals surface area contributed by atoms with E-state index < -0.39 is 0 Å². The molecule has 4 rings (SSSR count). The molecule has 1 amide bonds. The fourth-order valence-corrected chi connectivity index (χ4v) is 2.90. The Bertz CT molecular complexity index is 844. The molecule has 1 aliphatic rings. The lowest BCUT2D eigenvalue weighted by atomic mass is 10.1. The lowest BCUT2D eigenvalue weighted by Crippen LogP contribution is -2.29. The topological polar surface area (TPSA) is 46.1 Å². The lowest BCUT2D eigenvalue weighted by Gasteiger charge is -2.16. The van der Waals surface area contributed by atoms with Crippen molar-refractivity contribution in [3.63, 3.8) is 0 Å². The van der Waals surface area contributed by atoms with Crippen LogP contribution in [0.1, 0.15) is 16.1 Å². The number of hydrogen-bond donors (Lipinski definition) is 0. The molecule has 2 heterocycles. The number of aromatic nitrogens is 2. The molecule has 0 saturated heterocycles. The van der Waals surface area contributed by atoms with Gasteiger partial charge in [-0.2, -0.15) is 0 Å². The Morgan fingerprint density at radius 3 is 2.43 bits per heavy atom. The zero-order valence-electron chi connectivity index (χ0n) is 12.5. The molecule has 4 heteroatoms. The van der Waals surface area contributed by atoms with Gasteiger partial charge in [-0.05, 0) is 30.2 Å². The van der Waals surface area contributed by atoms with Gasteiger partial charge in [0, 0.05) is 17.8 Å². The van der Waals surface area contributed by atoms with Gasteiger partial charge in [0.25, 0.3) is 5.91 Å². The van der Waals surface area contributed by atoms with Crippen molar-refractivity contribution in [1.29, 1.82) is 0 Å². The average molecular weight is 301 g/mol. The van der Waals surface area contributed by atoms with E-state index in [2.05, 4.69) is 16.3 Å². The fourth-order valence-electron chi connectivity index (χ4n) is 2.90. The van der Waals surface area contributed by atoms with Crippen molar-refractivity contribution >= 4 is 11.6 Å². The van der Waals surface area contributed by atoms with Crippen LogP contribution < -0.4 is 4.90 Å². The van der Waals surface area contributed by atoms with Crippen LogP contribution in [0.25, 0.3) is 11.3 Å². The molecule has 112 valence electrons.